The minimum atomic E-state index is -4.82. The largest absolute Gasteiger partial charge is 0.497 e. The van der Waals surface area contributed by atoms with Crippen molar-refractivity contribution in [3.8, 4) is 16.9 Å². The molecule has 3 aromatic carbocycles. The lowest BCUT2D eigenvalue weighted by Crippen LogP contribution is -2.32. The molecule has 218 valence electrons. The maximum absolute atomic E-state index is 15.3. The molecule has 0 radical (unpaired) electrons. The summed E-state index contributed by atoms with van der Waals surface area (Å²) in [5.74, 6) is -1.19. The topological polar surface area (TPSA) is 52.8 Å². The zero-order valence-electron chi connectivity index (χ0n) is 22.8. The molecule has 1 aliphatic rings. The number of thioether (sulfide) groups is 1. The van der Waals surface area contributed by atoms with E-state index in [4.69, 9.17) is 9.57 Å². The molecule has 1 atom stereocenters. The van der Waals surface area contributed by atoms with E-state index in [-0.39, 0.29) is 33.8 Å². The van der Waals surface area contributed by atoms with Crippen LogP contribution in [-0.4, -0.2) is 30.3 Å². The highest BCUT2D eigenvalue weighted by Crippen LogP contribution is 2.43. The van der Waals surface area contributed by atoms with Gasteiger partial charge in [0.25, 0.3) is 5.56 Å². The highest BCUT2D eigenvalue weighted by atomic mass is 32.2. The van der Waals surface area contributed by atoms with Crippen molar-refractivity contribution in [2.45, 2.75) is 30.6 Å². The molecule has 0 spiro atoms. The van der Waals surface area contributed by atoms with Crippen LogP contribution < -0.4 is 10.3 Å². The van der Waals surface area contributed by atoms with Crippen LogP contribution in [0.15, 0.2) is 81.7 Å². The Balaban J connectivity index is 1.82. The van der Waals surface area contributed by atoms with Crippen LogP contribution in [0.5, 0.6) is 5.75 Å². The Hall–Kier alpha value is -4.12. The quantitative estimate of drug-likeness (QED) is 0.126. The van der Waals surface area contributed by atoms with Crippen molar-refractivity contribution in [3.05, 3.63) is 117 Å². The summed E-state index contributed by atoms with van der Waals surface area (Å²) in [7, 11) is 2.75. The molecule has 0 aliphatic carbocycles. The lowest BCUT2D eigenvalue weighted by atomic mass is 9.92. The van der Waals surface area contributed by atoms with Gasteiger partial charge in [0.2, 0.25) is 0 Å². The Morgan fingerprint density at radius 1 is 1.00 bits per heavy atom. The third-order valence-corrected chi connectivity index (χ3v) is 8.42. The first-order chi connectivity index (χ1) is 20.1. The molecule has 5 rings (SSSR count). The van der Waals surface area contributed by atoms with Crippen LogP contribution >= 0.6 is 11.8 Å². The number of benzene rings is 3. The Kier molecular flexibility index (Phi) is 8.14. The zero-order valence-corrected chi connectivity index (χ0v) is 23.6. The molecule has 42 heavy (non-hydrogen) atoms. The van der Waals surface area contributed by atoms with Gasteiger partial charge in [-0.1, -0.05) is 41.6 Å². The van der Waals surface area contributed by atoms with Gasteiger partial charge in [0.05, 0.1) is 29.3 Å². The van der Waals surface area contributed by atoms with Crippen molar-refractivity contribution in [1.82, 2.24) is 4.57 Å². The summed E-state index contributed by atoms with van der Waals surface area (Å²) in [6.45, 7) is 1.54. The Bertz CT molecular complexity index is 1740. The predicted molar refractivity (Wildman–Crippen MR) is 151 cm³/mol. The first-order valence-corrected chi connectivity index (χ1v) is 13.8. The average Bonchev–Trinajstić information content (AvgIpc) is 3.40. The average molecular weight is 601 g/mol. The van der Waals surface area contributed by atoms with E-state index in [9.17, 15) is 18.0 Å². The summed E-state index contributed by atoms with van der Waals surface area (Å²) in [5, 5.41) is 4.55. The van der Waals surface area contributed by atoms with Gasteiger partial charge in [0.1, 0.15) is 30.2 Å². The number of hydrogen-bond acceptors (Lipinski definition) is 5. The molecular weight excluding hydrogens is 575 g/mol. The van der Waals surface area contributed by atoms with E-state index in [1.807, 2.05) is 6.07 Å². The molecule has 0 saturated heterocycles. The standard InChI is InChI=1S/C31H25F5N2O3S/c1-17-20(15-21-23(31(34,35)36)10-7-11-24(21)32)30-38(29(39)27(17)22-14-19(40-2)12-13-25(22)33)26(16-42-30)28(37-41-3)18-8-5-4-6-9-18/h4-14,26H,15-16H2,1-3H3. The van der Waals surface area contributed by atoms with Gasteiger partial charge in [-0.2, -0.15) is 13.2 Å². The summed E-state index contributed by atoms with van der Waals surface area (Å²) >= 11 is 1.24. The molecule has 2 heterocycles. The number of pyridine rings is 1. The monoisotopic (exact) mass is 600 g/mol. The second-order valence-corrected chi connectivity index (χ2v) is 10.6. The second-order valence-electron chi connectivity index (χ2n) is 9.60. The summed E-state index contributed by atoms with van der Waals surface area (Å²) in [5.41, 5.74) is -0.818. The number of fused-ring (bicyclic) bond motifs is 1. The first-order valence-electron chi connectivity index (χ1n) is 12.8. The van der Waals surface area contributed by atoms with Crippen molar-refractivity contribution in [3.63, 3.8) is 0 Å². The van der Waals surface area contributed by atoms with Gasteiger partial charge < -0.3 is 9.57 Å². The molecule has 1 aromatic heterocycles. The van der Waals surface area contributed by atoms with Crippen LogP contribution in [0, 0.1) is 18.6 Å². The van der Waals surface area contributed by atoms with Gasteiger partial charge in [-0.3, -0.25) is 9.36 Å². The minimum absolute atomic E-state index is 0.0626. The molecule has 0 saturated carbocycles. The highest BCUT2D eigenvalue weighted by molar-refractivity contribution is 7.99. The van der Waals surface area contributed by atoms with Crippen LogP contribution in [0.1, 0.15) is 33.9 Å². The van der Waals surface area contributed by atoms with E-state index in [1.165, 1.54) is 49.6 Å². The first kappa shape index (κ1) is 29.4. The summed E-state index contributed by atoms with van der Waals surface area (Å²) in [4.78, 5) is 19.4. The van der Waals surface area contributed by atoms with Gasteiger partial charge in [-0.25, -0.2) is 8.78 Å². The van der Waals surface area contributed by atoms with Crippen molar-refractivity contribution >= 4 is 17.5 Å². The fourth-order valence-corrected chi connectivity index (χ4v) is 6.62. The predicted octanol–water partition coefficient (Wildman–Crippen LogP) is 7.42. The Labute approximate surface area is 242 Å². The number of oxime groups is 1. The van der Waals surface area contributed by atoms with Gasteiger partial charge in [-0.15, -0.1) is 11.8 Å². The van der Waals surface area contributed by atoms with Crippen LogP contribution in [0.4, 0.5) is 22.0 Å². The van der Waals surface area contributed by atoms with Gasteiger partial charge in [0.15, 0.2) is 0 Å². The molecule has 4 aromatic rings. The molecule has 1 unspecified atom stereocenters. The van der Waals surface area contributed by atoms with E-state index in [0.29, 0.717) is 16.3 Å². The molecule has 1 aliphatic heterocycles. The van der Waals surface area contributed by atoms with Crippen LogP contribution in [0.2, 0.25) is 0 Å². The fraction of sp³-hybridized carbons (Fsp3) is 0.226. The smallest absolute Gasteiger partial charge is 0.416 e. The van der Waals surface area contributed by atoms with Gasteiger partial charge in [0, 0.05) is 28.9 Å². The highest BCUT2D eigenvalue weighted by Gasteiger charge is 2.38. The number of methoxy groups -OCH3 is 1. The van der Waals surface area contributed by atoms with E-state index >= 15 is 8.78 Å². The third kappa shape index (κ3) is 5.29. The minimum Gasteiger partial charge on any atom is -0.497 e. The van der Waals surface area contributed by atoms with Gasteiger partial charge >= 0.3 is 6.18 Å². The maximum atomic E-state index is 15.3. The number of ether oxygens (including phenoxy) is 1. The number of hydrogen-bond donors (Lipinski definition) is 0. The maximum Gasteiger partial charge on any atom is 0.416 e. The van der Waals surface area contributed by atoms with E-state index in [2.05, 4.69) is 5.16 Å². The molecule has 0 bridgehead atoms. The summed E-state index contributed by atoms with van der Waals surface area (Å²) in [6.07, 6.45) is -5.30. The van der Waals surface area contributed by atoms with Crippen molar-refractivity contribution < 1.29 is 31.5 Å². The van der Waals surface area contributed by atoms with Crippen molar-refractivity contribution in [2.75, 3.05) is 20.0 Å². The SMILES string of the molecule is CON=C(c1ccccc1)C1CSc2c(Cc3c(F)cccc3C(F)(F)F)c(C)c(-c3cc(OC)ccc3F)c(=O)n21. The number of aromatic nitrogens is 1. The number of halogens is 5. The second kappa shape index (κ2) is 11.6. The fourth-order valence-electron chi connectivity index (χ4n) is 5.25. The van der Waals surface area contributed by atoms with Gasteiger partial charge in [-0.05, 0) is 48.4 Å². The van der Waals surface area contributed by atoms with Crippen LogP contribution in [-0.2, 0) is 17.4 Å². The molecule has 5 nitrogen and oxygen atoms in total. The van der Waals surface area contributed by atoms with Crippen molar-refractivity contribution in [1.29, 1.82) is 0 Å². The number of nitrogens with zero attached hydrogens (tertiary/aromatic N) is 2. The molecule has 0 amide bonds. The Morgan fingerprint density at radius 3 is 2.40 bits per heavy atom. The molecule has 0 N–H and O–H groups in total. The molecular formula is C31H25F5N2O3S. The lowest BCUT2D eigenvalue weighted by molar-refractivity contribution is -0.138. The van der Waals surface area contributed by atoms with Crippen molar-refractivity contribution in [2.24, 2.45) is 5.16 Å². The lowest BCUT2D eigenvalue weighted by Gasteiger charge is -2.22. The molecule has 0 fully saturated rings. The molecule has 11 heteroatoms. The third-order valence-electron chi connectivity index (χ3n) is 7.22. The zero-order chi connectivity index (χ0) is 30.2. The number of alkyl halides is 3. The number of rotatable bonds is 7. The summed E-state index contributed by atoms with van der Waals surface area (Å²) in [6, 6.07) is 15.0. The van der Waals surface area contributed by atoms with E-state index < -0.39 is 47.0 Å². The van der Waals surface area contributed by atoms with Crippen LogP contribution in [0.25, 0.3) is 11.1 Å². The summed E-state index contributed by atoms with van der Waals surface area (Å²) < 4.78 is 79.0. The van der Waals surface area contributed by atoms with E-state index in [1.54, 1.807) is 24.3 Å². The normalized spacial score (nSPS) is 15.0. The van der Waals surface area contributed by atoms with E-state index in [0.717, 1.165) is 24.3 Å². The van der Waals surface area contributed by atoms with Crippen LogP contribution in [0.3, 0.4) is 0 Å². The Morgan fingerprint density at radius 2 is 1.74 bits per heavy atom.